The first-order valence-corrected chi connectivity index (χ1v) is 5.76. The van der Waals surface area contributed by atoms with Crippen molar-refractivity contribution in [2.24, 2.45) is 11.7 Å². The minimum atomic E-state index is -2.69. The summed E-state index contributed by atoms with van der Waals surface area (Å²) in [5, 5.41) is 9.32. The van der Waals surface area contributed by atoms with Gasteiger partial charge in [-0.3, -0.25) is 0 Å². The third kappa shape index (κ3) is 1.87. The Morgan fingerprint density at radius 3 is 2.56 bits per heavy atom. The van der Waals surface area contributed by atoms with Crippen molar-refractivity contribution < 1.29 is 13.9 Å². The highest BCUT2D eigenvalue weighted by Gasteiger charge is 2.56. The number of aliphatic hydroxyl groups excluding tert-OH is 1. The lowest BCUT2D eigenvalue weighted by Gasteiger charge is -2.29. The molecule has 16 heavy (non-hydrogen) atoms. The van der Waals surface area contributed by atoms with E-state index in [4.69, 9.17) is 5.73 Å². The molecule has 0 unspecified atom stereocenters. The first-order valence-electron chi connectivity index (χ1n) is 4.97. The summed E-state index contributed by atoms with van der Waals surface area (Å²) in [5.74, 6) is -0.554. The highest BCUT2D eigenvalue weighted by molar-refractivity contribution is 9.10. The van der Waals surface area contributed by atoms with Gasteiger partial charge >= 0.3 is 0 Å². The van der Waals surface area contributed by atoms with Crippen LogP contribution in [-0.4, -0.2) is 17.6 Å². The van der Waals surface area contributed by atoms with Gasteiger partial charge in [-0.05, 0) is 24.1 Å². The molecule has 0 aliphatic heterocycles. The van der Waals surface area contributed by atoms with E-state index in [2.05, 4.69) is 15.9 Å². The van der Waals surface area contributed by atoms with Crippen molar-refractivity contribution in [2.75, 3.05) is 0 Å². The molecule has 1 aliphatic carbocycles. The van der Waals surface area contributed by atoms with Crippen LogP contribution in [0, 0.1) is 5.92 Å². The van der Waals surface area contributed by atoms with Crippen LogP contribution in [0.25, 0.3) is 0 Å². The van der Waals surface area contributed by atoms with Crippen molar-refractivity contribution in [3.05, 3.63) is 34.3 Å². The first-order chi connectivity index (χ1) is 7.46. The van der Waals surface area contributed by atoms with Gasteiger partial charge in [-0.25, -0.2) is 8.78 Å². The van der Waals surface area contributed by atoms with Gasteiger partial charge in [0, 0.05) is 10.4 Å². The number of hydrogen-bond acceptors (Lipinski definition) is 2. The molecule has 88 valence electrons. The number of aliphatic hydroxyl groups is 1. The summed E-state index contributed by atoms with van der Waals surface area (Å²) < 4.78 is 26.9. The van der Waals surface area contributed by atoms with Crippen molar-refractivity contribution in [2.45, 2.75) is 24.5 Å². The Labute approximate surface area is 101 Å². The molecule has 0 amide bonds. The Kier molecular flexibility index (Phi) is 3.03. The van der Waals surface area contributed by atoms with Crippen LogP contribution >= 0.6 is 15.9 Å². The van der Waals surface area contributed by atoms with Gasteiger partial charge in [-0.15, -0.1) is 0 Å². The van der Waals surface area contributed by atoms with E-state index in [1.807, 2.05) is 0 Å². The lowest BCUT2D eigenvalue weighted by Crippen LogP contribution is -2.47. The molecule has 3 atom stereocenters. The molecule has 1 saturated carbocycles. The molecule has 1 aromatic rings. The molecule has 1 fully saturated rings. The van der Waals surface area contributed by atoms with Crippen LogP contribution in [0.15, 0.2) is 28.7 Å². The van der Waals surface area contributed by atoms with Crippen molar-refractivity contribution in [3.63, 3.8) is 0 Å². The van der Waals surface area contributed by atoms with Gasteiger partial charge in [0.1, 0.15) is 5.54 Å². The van der Waals surface area contributed by atoms with Gasteiger partial charge in [-0.2, -0.15) is 0 Å². The van der Waals surface area contributed by atoms with Gasteiger partial charge in [-0.1, -0.05) is 28.1 Å². The molecule has 0 radical (unpaired) electrons. The van der Waals surface area contributed by atoms with E-state index < -0.39 is 24.0 Å². The molecule has 0 bridgehead atoms. The van der Waals surface area contributed by atoms with Gasteiger partial charge in [0.2, 0.25) is 0 Å². The average Bonchev–Trinajstić information content (AvgIpc) is 2.94. The largest absolute Gasteiger partial charge is 0.393 e. The minimum absolute atomic E-state index is 0.341. The molecule has 3 N–H and O–H groups in total. The number of rotatable bonds is 3. The smallest absolute Gasteiger partial charge is 0.260 e. The molecule has 1 aromatic carbocycles. The molecular formula is C11H12BrF2NO. The standard InChI is InChI=1S/C11H12BrF2NO/c12-7-3-1-2-6(4-7)11(15,10(13)14)8-5-9(8)16/h1-4,8-10,16H,5,15H2/t8-,9+,11+/m0/s1. The highest BCUT2D eigenvalue weighted by Crippen LogP contribution is 2.47. The molecule has 0 aromatic heterocycles. The molecule has 1 aliphatic rings. The zero-order chi connectivity index (χ0) is 11.9. The Bertz CT molecular complexity index is 401. The van der Waals surface area contributed by atoms with Gasteiger partial charge < -0.3 is 10.8 Å². The van der Waals surface area contributed by atoms with E-state index in [1.54, 1.807) is 24.3 Å². The third-order valence-electron chi connectivity index (χ3n) is 3.06. The fourth-order valence-corrected chi connectivity index (χ4v) is 2.35. The zero-order valence-electron chi connectivity index (χ0n) is 8.41. The average molecular weight is 292 g/mol. The van der Waals surface area contributed by atoms with Crippen molar-refractivity contribution in [1.29, 1.82) is 0 Å². The number of halogens is 3. The monoisotopic (exact) mass is 291 g/mol. The van der Waals surface area contributed by atoms with Crippen LogP contribution < -0.4 is 5.73 Å². The second-order valence-corrected chi connectivity index (χ2v) is 5.07. The zero-order valence-corrected chi connectivity index (χ0v) is 9.99. The van der Waals surface area contributed by atoms with Crippen LogP contribution in [0.5, 0.6) is 0 Å². The second-order valence-electron chi connectivity index (χ2n) is 4.15. The summed E-state index contributed by atoms with van der Waals surface area (Å²) in [6.07, 6.45) is -3.06. The van der Waals surface area contributed by atoms with E-state index in [-0.39, 0.29) is 0 Å². The summed E-state index contributed by atoms with van der Waals surface area (Å²) in [7, 11) is 0. The van der Waals surface area contributed by atoms with E-state index in [1.165, 1.54) is 0 Å². The van der Waals surface area contributed by atoms with E-state index in [9.17, 15) is 13.9 Å². The summed E-state index contributed by atoms with van der Waals surface area (Å²) in [6.45, 7) is 0. The molecule has 2 nitrogen and oxygen atoms in total. The predicted molar refractivity (Wildman–Crippen MR) is 60.1 cm³/mol. The fourth-order valence-electron chi connectivity index (χ4n) is 1.95. The first kappa shape index (κ1) is 12.0. The van der Waals surface area contributed by atoms with E-state index >= 15 is 0 Å². The van der Waals surface area contributed by atoms with Crippen LogP contribution in [0.4, 0.5) is 8.78 Å². The lowest BCUT2D eigenvalue weighted by molar-refractivity contribution is 0.0282. The molecule has 2 rings (SSSR count). The summed E-state index contributed by atoms with van der Waals surface area (Å²) in [6, 6.07) is 6.57. The molecule has 0 saturated heterocycles. The maximum absolute atomic E-state index is 13.1. The normalized spacial score (nSPS) is 27.9. The molecule has 0 heterocycles. The van der Waals surface area contributed by atoms with Gasteiger partial charge in [0.05, 0.1) is 6.10 Å². The maximum Gasteiger partial charge on any atom is 0.260 e. The Balaban J connectivity index is 2.40. The van der Waals surface area contributed by atoms with Crippen molar-refractivity contribution in [1.82, 2.24) is 0 Å². The van der Waals surface area contributed by atoms with E-state index in [0.29, 0.717) is 16.5 Å². The summed E-state index contributed by atoms with van der Waals surface area (Å²) in [5.41, 5.74) is 4.41. The highest BCUT2D eigenvalue weighted by atomic mass is 79.9. The fraction of sp³-hybridized carbons (Fsp3) is 0.455. The quantitative estimate of drug-likeness (QED) is 0.897. The van der Waals surface area contributed by atoms with Crippen LogP contribution in [-0.2, 0) is 5.54 Å². The van der Waals surface area contributed by atoms with Crippen molar-refractivity contribution >= 4 is 15.9 Å². The second kappa shape index (κ2) is 4.05. The van der Waals surface area contributed by atoms with Gasteiger partial charge in [0.15, 0.2) is 0 Å². The Morgan fingerprint density at radius 2 is 2.12 bits per heavy atom. The lowest BCUT2D eigenvalue weighted by atomic mass is 9.86. The number of benzene rings is 1. The predicted octanol–water partition coefficient (Wildman–Crippen LogP) is 2.25. The van der Waals surface area contributed by atoms with Crippen LogP contribution in [0.3, 0.4) is 0 Å². The van der Waals surface area contributed by atoms with Crippen LogP contribution in [0.1, 0.15) is 12.0 Å². The SMILES string of the molecule is N[C@@](c1cccc(Br)c1)(C(F)F)[C@H]1C[C@H]1O. The number of hydrogen-bond donors (Lipinski definition) is 2. The Hall–Kier alpha value is -0.520. The summed E-state index contributed by atoms with van der Waals surface area (Å²) in [4.78, 5) is 0. The topological polar surface area (TPSA) is 46.2 Å². The summed E-state index contributed by atoms with van der Waals surface area (Å²) >= 11 is 3.23. The third-order valence-corrected chi connectivity index (χ3v) is 3.55. The molecule has 5 heteroatoms. The van der Waals surface area contributed by atoms with E-state index in [0.717, 1.165) is 0 Å². The van der Waals surface area contributed by atoms with Crippen molar-refractivity contribution in [3.8, 4) is 0 Å². The number of alkyl halides is 2. The maximum atomic E-state index is 13.1. The molecule has 0 spiro atoms. The van der Waals surface area contributed by atoms with Crippen LogP contribution in [0.2, 0.25) is 0 Å². The van der Waals surface area contributed by atoms with Gasteiger partial charge in [0.25, 0.3) is 6.43 Å². The molecular weight excluding hydrogens is 280 g/mol. The Morgan fingerprint density at radius 1 is 1.50 bits per heavy atom. The minimum Gasteiger partial charge on any atom is -0.393 e. The number of nitrogens with two attached hydrogens (primary N) is 1.